The van der Waals surface area contributed by atoms with Crippen molar-refractivity contribution in [2.75, 3.05) is 26.2 Å². The second-order valence-electron chi connectivity index (χ2n) is 5.52. The summed E-state index contributed by atoms with van der Waals surface area (Å²) in [5.74, 6) is 0.792. The van der Waals surface area contributed by atoms with E-state index in [0.717, 1.165) is 31.2 Å². The van der Waals surface area contributed by atoms with Crippen molar-refractivity contribution in [1.82, 2.24) is 15.2 Å². The minimum absolute atomic E-state index is 0. The van der Waals surface area contributed by atoms with Gasteiger partial charge in [0.2, 0.25) is 0 Å². The van der Waals surface area contributed by atoms with E-state index in [2.05, 4.69) is 22.1 Å². The quantitative estimate of drug-likeness (QED) is 0.851. The molecule has 0 aromatic carbocycles. The summed E-state index contributed by atoms with van der Waals surface area (Å²) in [6, 6.07) is 3.47. The van der Waals surface area contributed by atoms with Crippen LogP contribution in [0.15, 0.2) is 18.3 Å². The van der Waals surface area contributed by atoms with Crippen molar-refractivity contribution < 1.29 is 4.79 Å². The van der Waals surface area contributed by atoms with Gasteiger partial charge in [0.1, 0.15) is 0 Å². The molecule has 2 rings (SSSR count). The lowest BCUT2D eigenvalue weighted by Gasteiger charge is -2.30. The van der Waals surface area contributed by atoms with Crippen LogP contribution in [0, 0.1) is 5.92 Å². The lowest BCUT2D eigenvalue weighted by molar-refractivity contribution is 0.0944. The number of likely N-dealkylation sites (tertiary alicyclic amines) is 1. The number of nitrogens with one attached hydrogen (secondary N) is 1. The molecule has 7 heteroatoms. The summed E-state index contributed by atoms with van der Waals surface area (Å²) in [7, 11) is 0. The number of aromatic nitrogens is 1. The molecule has 1 aliphatic heterocycles. The van der Waals surface area contributed by atoms with Gasteiger partial charge < -0.3 is 16.0 Å². The van der Waals surface area contributed by atoms with Crippen LogP contribution in [0.5, 0.6) is 0 Å². The van der Waals surface area contributed by atoms with E-state index in [1.165, 1.54) is 12.8 Å². The molecule has 0 bridgehead atoms. The van der Waals surface area contributed by atoms with Crippen LogP contribution in [-0.4, -0.2) is 42.0 Å². The van der Waals surface area contributed by atoms with Crippen molar-refractivity contribution in [3.05, 3.63) is 29.6 Å². The van der Waals surface area contributed by atoms with Crippen molar-refractivity contribution in [3.63, 3.8) is 0 Å². The molecule has 0 spiro atoms. The van der Waals surface area contributed by atoms with Crippen molar-refractivity contribution in [3.8, 4) is 0 Å². The number of amides is 1. The van der Waals surface area contributed by atoms with Crippen molar-refractivity contribution >= 4 is 30.7 Å². The number of piperidine rings is 1. The normalized spacial score (nSPS) is 15.5. The van der Waals surface area contributed by atoms with Crippen LogP contribution in [-0.2, 0) is 6.54 Å². The number of nitrogens with two attached hydrogens (primary N) is 1. The first-order valence-corrected chi connectivity index (χ1v) is 7.34. The van der Waals surface area contributed by atoms with Gasteiger partial charge in [-0.1, -0.05) is 6.92 Å². The minimum Gasteiger partial charge on any atom is -0.351 e. The number of halogens is 2. The zero-order valence-electron chi connectivity index (χ0n) is 13.0. The van der Waals surface area contributed by atoms with Gasteiger partial charge in [0.15, 0.2) is 0 Å². The molecule has 3 N–H and O–H groups in total. The van der Waals surface area contributed by atoms with Gasteiger partial charge in [-0.3, -0.25) is 9.78 Å². The maximum Gasteiger partial charge on any atom is 0.251 e. The Bertz CT molecular complexity index is 451. The van der Waals surface area contributed by atoms with E-state index in [0.29, 0.717) is 18.7 Å². The highest BCUT2D eigenvalue weighted by Crippen LogP contribution is 2.15. The van der Waals surface area contributed by atoms with Crippen molar-refractivity contribution in [1.29, 1.82) is 0 Å². The highest BCUT2D eigenvalue weighted by molar-refractivity contribution is 5.94. The lowest BCUT2D eigenvalue weighted by Crippen LogP contribution is -2.39. The first-order chi connectivity index (χ1) is 9.69. The Labute approximate surface area is 144 Å². The third-order valence-electron chi connectivity index (χ3n) is 3.88. The number of carbonyl (C=O) groups excluding carboxylic acids is 1. The Hall–Kier alpha value is -0.880. The van der Waals surface area contributed by atoms with E-state index < -0.39 is 0 Å². The zero-order valence-corrected chi connectivity index (χ0v) is 14.6. The molecule has 5 nitrogen and oxygen atoms in total. The van der Waals surface area contributed by atoms with Gasteiger partial charge in [-0.2, -0.15) is 0 Å². The number of hydrogen-bond donors (Lipinski definition) is 2. The molecule has 0 aliphatic carbocycles. The van der Waals surface area contributed by atoms with Gasteiger partial charge in [-0.05, 0) is 44.0 Å². The SMILES string of the molecule is CC1CCN(CCNC(=O)c2ccnc(CN)c2)CC1.Cl.Cl. The molecule has 0 radical (unpaired) electrons. The maximum atomic E-state index is 12.0. The Morgan fingerprint density at radius 2 is 2.09 bits per heavy atom. The van der Waals surface area contributed by atoms with Gasteiger partial charge in [0.05, 0.1) is 5.69 Å². The molecule has 0 unspecified atom stereocenters. The molecule has 1 fully saturated rings. The van der Waals surface area contributed by atoms with Crippen LogP contribution >= 0.6 is 24.8 Å². The van der Waals surface area contributed by atoms with Crippen LogP contribution in [0.4, 0.5) is 0 Å². The van der Waals surface area contributed by atoms with Gasteiger partial charge in [-0.15, -0.1) is 24.8 Å². The average Bonchev–Trinajstić information content (AvgIpc) is 2.49. The van der Waals surface area contributed by atoms with Crippen molar-refractivity contribution in [2.45, 2.75) is 26.3 Å². The topological polar surface area (TPSA) is 71.2 Å². The van der Waals surface area contributed by atoms with Gasteiger partial charge in [-0.25, -0.2) is 0 Å². The highest BCUT2D eigenvalue weighted by atomic mass is 35.5. The summed E-state index contributed by atoms with van der Waals surface area (Å²) in [5, 5.41) is 2.96. The number of hydrogen-bond acceptors (Lipinski definition) is 4. The average molecular weight is 349 g/mol. The molecule has 1 aromatic rings. The predicted octanol–water partition coefficient (Wildman–Crippen LogP) is 1.85. The summed E-state index contributed by atoms with van der Waals surface area (Å²) < 4.78 is 0. The van der Waals surface area contributed by atoms with Crippen LogP contribution in [0.2, 0.25) is 0 Å². The van der Waals surface area contributed by atoms with Gasteiger partial charge in [0, 0.05) is 31.4 Å². The molecule has 1 aromatic heterocycles. The van der Waals surface area contributed by atoms with E-state index in [1.54, 1.807) is 18.3 Å². The molecule has 1 amide bonds. The first-order valence-electron chi connectivity index (χ1n) is 7.34. The van der Waals surface area contributed by atoms with Crippen molar-refractivity contribution in [2.24, 2.45) is 11.7 Å². The monoisotopic (exact) mass is 348 g/mol. The van der Waals surface area contributed by atoms with Gasteiger partial charge in [0.25, 0.3) is 5.91 Å². The van der Waals surface area contributed by atoms with Crippen LogP contribution in [0.3, 0.4) is 0 Å². The summed E-state index contributed by atoms with van der Waals surface area (Å²) in [6.45, 7) is 6.55. The zero-order chi connectivity index (χ0) is 14.4. The second kappa shape index (κ2) is 10.8. The third-order valence-corrected chi connectivity index (χ3v) is 3.88. The summed E-state index contributed by atoms with van der Waals surface area (Å²) in [5.41, 5.74) is 6.90. The Kier molecular flexibility index (Phi) is 10.3. The minimum atomic E-state index is -0.0486. The Morgan fingerprint density at radius 3 is 2.73 bits per heavy atom. The van der Waals surface area contributed by atoms with Crippen LogP contribution in [0.1, 0.15) is 35.8 Å². The molecule has 0 atom stereocenters. The van der Waals surface area contributed by atoms with E-state index in [1.807, 2.05) is 0 Å². The largest absolute Gasteiger partial charge is 0.351 e. The smallest absolute Gasteiger partial charge is 0.251 e. The molecule has 0 saturated carbocycles. The lowest BCUT2D eigenvalue weighted by atomic mass is 9.99. The fraction of sp³-hybridized carbons (Fsp3) is 0.600. The second-order valence-corrected chi connectivity index (χ2v) is 5.52. The van der Waals surface area contributed by atoms with E-state index in [9.17, 15) is 4.79 Å². The molecule has 126 valence electrons. The molecule has 1 saturated heterocycles. The molecule has 2 heterocycles. The van der Waals surface area contributed by atoms with Crippen LogP contribution in [0.25, 0.3) is 0 Å². The van der Waals surface area contributed by atoms with E-state index >= 15 is 0 Å². The molecular formula is C15H26Cl2N4O. The fourth-order valence-corrected chi connectivity index (χ4v) is 2.45. The predicted molar refractivity (Wildman–Crippen MR) is 93.8 cm³/mol. The number of rotatable bonds is 5. The molecular weight excluding hydrogens is 323 g/mol. The summed E-state index contributed by atoms with van der Waals surface area (Å²) >= 11 is 0. The summed E-state index contributed by atoms with van der Waals surface area (Å²) in [4.78, 5) is 18.5. The fourth-order valence-electron chi connectivity index (χ4n) is 2.45. The van der Waals surface area contributed by atoms with Gasteiger partial charge >= 0.3 is 0 Å². The van der Waals surface area contributed by atoms with Crippen LogP contribution < -0.4 is 11.1 Å². The Morgan fingerprint density at radius 1 is 1.41 bits per heavy atom. The maximum absolute atomic E-state index is 12.0. The highest BCUT2D eigenvalue weighted by Gasteiger charge is 2.15. The van der Waals surface area contributed by atoms with E-state index in [4.69, 9.17) is 5.73 Å². The number of nitrogens with zero attached hydrogens (tertiary/aromatic N) is 2. The van der Waals surface area contributed by atoms with E-state index in [-0.39, 0.29) is 30.7 Å². The molecule has 1 aliphatic rings. The number of carbonyl (C=O) groups is 1. The first kappa shape index (κ1) is 21.1. The summed E-state index contributed by atoms with van der Waals surface area (Å²) in [6.07, 6.45) is 4.15. The third kappa shape index (κ3) is 6.48. The standard InChI is InChI=1S/C15H24N4O.2ClH/c1-12-3-7-19(8-4-12)9-6-18-15(20)13-2-5-17-14(10-13)11-16;;/h2,5,10,12H,3-4,6-9,11,16H2,1H3,(H,18,20);2*1H. The molecule has 22 heavy (non-hydrogen) atoms. The number of pyridine rings is 1. The Balaban J connectivity index is 0.00000220.